The fourth-order valence-electron chi connectivity index (χ4n) is 4.88. The van der Waals surface area contributed by atoms with E-state index in [0.717, 1.165) is 16.2 Å². The molecule has 1 N–H and O–H groups in total. The Balaban J connectivity index is 1.26. The van der Waals surface area contributed by atoms with Crippen LogP contribution in [-0.4, -0.2) is 50.2 Å². The van der Waals surface area contributed by atoms with E-state index in [1.165, 1.54) is 28.9 Å². The Bertz CT molecular complexity index is 1790. The third kappa shape index (κ3) is 6.26. The van der Waals surface area contributed by atoms with E-state index in [1.807, 2.05) is 47.8 Å². The van der Waals surface area contributed by atoms with Crippen LogP contribution < -0.4 is 10.1 Å². The Hall–Kier alpha value is -4.81. The summed E-state index contributed by atoms with van der Waals surface area (Å²) in [5, 5.41) is 20.3. The lowest BCUT2D eigenvalue weighted by Gasteiger charge is -2.22. The summed E-state index contributed by atoms with van der Waals surface area (Å²) in [6.45, 7) is 0.0977. The molecule has 222 valence electrons. The van der Waals surface area contributed by atoms with Gasteiger partial charge in [0.2, 0.25) is 0 Å². The number of nitrogens with one attached hydrogen (secondary N) is 1. The number of aromatic nitrogens is 3. The van der Waals surface area contributed by atoms with Crippen LogP contribution in [0.15, 0.2) is 107 Å². The first-order valence-corrected chi connectivity index (χ1v) is 15.6. The quantitative estimate of drug-likeness (QED) is 0.195. The summed E-state index contributed by atoms with van der Waals surface area (Å²) in [4.78, 5) is 27.5. The third-order valence-electron chi connectivity index (χ3n) is 7.02. The summed E-state index contributed by atoms with van der Waals surface area (Å²) >= 11 is 2.77. The number of hydrazone groups is 1. The SMILES string of the molecule is COc1ccccc1-n1c(CNC(=O)c2ccccc2)nnc1SCC(=O)N1N=C(c2cccs2)C[C@H]1c1ccc(F)cc1. The molecule has 0 saturated carbocycles. The highest BCUT2D eigenvalue weighted by Gasteiger charge is 2.34. The van der Waals surface area contributed by atoms with Gasteiger partial charge in [0.15, 0.2) is 11.0 Å². The molecule has 0 bridgehead atoms. The van der Waals surface area contributed by atoms with E-state index in [4.69, 9.17) is 9.84 Å². The molecular formula is C32H27FN6O3S2. The first-order chi connectivity index (χ1) is 21.5. The van der Waals surface area contributed by atoms with Gasteiger partial charge in [-0.05, 0) is 53.4 Å². The zero-order valence-electron chi connectivity index (χ0n) is 23.6. The van der Waals surface area contributed by atoms with Gasteiger partial charge in [-0.2, -0.15) is 5.10 Å². The van der Waals surface area contributed by atoms with Crippen molar-refractivity contribution in [1.82, 2.24) is 25.1 Å². The van der Waals surface area contributed by atoms with Gasteiger partial charge in [0, 0.05) is 12.0 Å². The van der Waals surface area contributed by atoms with Gasteiger partial charge in [-0.15, -0.1) is 21.5 Å². The van der Waals surface area contributed by atoms with Gasteiger partial charge in [0.25, 0.3) is 11.8 Å². The second kappa shape index (κ2) is 13.2. The number of hydrogen-bond donors (Lipinski definition) is 1. The molecule has 6 rings (SSSR count). The minimum absolute atomic E-state index is 0.0164. The molecule has 44 heavy (non-hydrogen) atoms. The van der Waals surface area contributed by atoms with Crippen molar-refractivity contribution in [2.45, 2.75) is 24.2 Å². The molecule has 0 aliphatic carbocycles. The van der Waals surface area contributed by atoms with Crippen molar-refractivity contribution in [3.8, 4) is 11.4 Å². The first kappa shape index (κ1) is 29.3. The summed E-state index contributed by atoms with van der Waals surface area (Å²) < 4.78 is 21.1. The van der Waals surface area contributed by atoms with E-state index in [0.29, 0.717) is 34.4 Å². The number of amides is 2. The number of thiophene rings is 1. The van der Waals surface area contributed by atoms with Gasteiger partial charge in [-0.3, -0.25) is 14.2 Å². The average molecular weight is 627 g/mol. The second-order valence-corrected chi connectivity index (χ2v) is 11.7. The van der Waals surface area contributed by atoms with E-state index >= 15 is 0 Å². The third-order valence-corrected chi connectivity index (χ3v) is 8.85. The van der Waals surface area contributed by atoms with Crippen molar-refractivity contribution in [3.05, 3.63) is 124 Å². The predicted molar refractivity (Wildman–Crippen MR) is 168 cm³/mol. The fraction of sp³-hybridized carbons (Fsp3) is 0.156. The number of benzene rings is 3. The van der Waals surface area contributed by atoms with Gasteiger partial charge < -0.3 is 10.1 Å². The Kier molecular flexibility index (Phi) is 8.80. The Morgan fingerprint density at radius 1 is 1.00 bits per heavy atom. The number of ether oxygens (including phenoxy) is 1. The highest BCUT2D eigenvalue weighted by Crippen LogP contribution is 2.35. The monoisotopic (exact) mass is 626 g/mol. The number of nitrogens with zero attached hydrogens (tertiary/aromatic N) is 5. The molecule has 9 nitrogen and oxygen atoms in total. The normalized spacial score (nSPS) is 14.4. The number of halogens is 1. The maximum atomic E-state index is 13.7. The lowest BCUT2D eigenvalue weighted by molar-refractivity contribution is -0.130. The molecule has 0 spiro atoms. The highest BCUT2D eigenvalue weighted by molar-refractivity contribution is 7.99. The van der Waals surface area contributed by atoms with E-state index < -0.39 is 0 Å². The van der Waals surface area contributed by atoms with Crippen LogP contribution in [0.2, 0.25) is 0 Å². The lowest BCUT2D eigenvalue weighted by atomic mass is 10.0. The molecule has 1 atom stereocenters. The Morgan fingerprint density at radius 3 is 2.52 bits per heavy atom. The van der Waals surface area contributed by atoms with Crippen LogP contribution in [0, 0.1) is 5.82 Å². The minimum atomic E-state index is -0.364. The Labute approximate surface area is 261 Å². The number of carbonyl (C=O) groups is 2. The molecule has 0 radical (unpaired) electrons. The molecule has 1 aliphatic rings. The average Bonchev–Trinajstić information content (AvgIpc) is 3.83. The van der Waals surface area contributed by atoms with E-state index in [2.05, 4.69) is 15.5 Å². The smallest absolute Gasteiger partial charge is 0.253 e. The van der Waals surface area contributed by atoms with Crippen molar-refractivity contribution in [3.63, 3.8) is 0 Å². The standard InChI is InChI=1S/C32H27FN6O3S2/c1-42-27-11-6-5-10-25(27)38-29(19-34-31(41)22-8-3-2-4-9-22)35-36-32(38)44-20-30(40)39-26(21-13-15-23(33)16-14-21)18-24(37-39)28-12-7-17-43-28/h2-17,26H,18-20H2,1H3,(H,34,41)/t26-/m0/s1. The first-order valence-electron chi connectivity index (χ1n) is 13.7. The molecule has 0 saturated heterocycles. The van der Waals surface area contributed by atoms with E-state index in [-0.39, 0.29) is 36.0 Å². The lowest BCUT2D eigenvalue weighted by Crippen LogP contribution is -2.28. The molecule has 3 aromatic carbocycles. The summed E-state index contributed by atoms with van der Waals surface area (Å²) in [6, 6.07) is 26.0. The molecule has 12 heteroatoms. The number of thioether (sulfide) groups is 1. The summed E-state index contributed by atoms with van der Waals surface area (Å²) in [5.74, 6) is 0.248. The summed E-state index contributed by atoms with van der Waals surface area (Å²) in [5.41, 5.74) is 2.80. The van der Waals surface area contributed by atoms with Crippen molar-refractivity contribution in [2.75, 3.05) is 12.9 Å². The number of hydrogen-bond acceptors (Lipinski definition) is 8. The number of carbonyl (C=O) groups excluding carboxylic acids is 2. The topological polar surface area (TPSA) is 102 Å². The molecule has 0 fully saturated rings. The van der Waals surface area contributed by atoms with Gasteiger partial charge in [0.1, 0.15) is 11.6 Å². The fourth-order valence-corrected chi connectivity index (χ4v) is 6.42. The van der Waals surface area contributed by atoms with Crippen LogP contribution in [0.5, 0.6) is 5.75 Å². The van der Waals surface area contributed by atoms with Gasteiger partial charge in [-0.25, -0.2) is 9.40 Å². The zero-order chi connectivity index (χ0) is 30.5. The van der Waals surface area contributed by atoms with Crippen LogP contribution in [-0.2, 0) is 11.3 Å². The number of rotatable bonds is 10. The highest BCUT2D eigenvalue weighted by atomic mass is 32.2. The van der Waals surface area contributed by atoms with Crippen molar-refractivity contribution in [2.24, 2.45) is 5.10 Å². The molecule has 2 aromatic heterocycles. The molecule has 1 aliphatic heterocycles. The van der Waals surface area contributed by atoms with E-state index in [9.17, 15) is 14.0 Å². The number of para-hydroxylation sites is 2. The maximum Gasteiger partial charge on any atom is 0.253 e. The summed E-state index contributed by atoms with van der Waals surface area (Å²) in [7, 11) is 1.57. The summed E-state index contributed by atoms with van der Waals surface area (Å²) in [6.07, 6.45) is 0.519. The van der Waals surface area contributed by atoms with Gasteiger partial charge in [-0.1, -0.05) is 60.3 Å². The van der Waals surface area contributed by atoms with Crippen LogP contribution >= 0.6 is 23.1 Å². The van der Waals surface area contributed by atoms with Crippen LogP contribution in [0.1, 0.15) is 39.1 Å². The van der Waals surface area contributed by atoms with Gasteiger partial charge >= 0.3 is 0 Å². The van der Waals surface area contributed by atoms with Crippen LogP contribution in [0.3, 0.4) is 0 Å². The largest absolute Gasteiger partial charge is 0.495 e. The van der Waals surface area contributed by atoms with E-state index in [1.54, 1.807) is 59.4 Å². The van der Waals surface area contributed by atoms with Crippen molar-refractivity contribution in [1.29, 1.82) is 0 Å². The zero-order valence-corrected chi connectivity index (χ0v) is 25.2. The molecule has 5 aromatic rings. The van der Waals surface area contributed by atoms with Crippen LogP contribution in [0.25, 0.3) is 5.69 Å². The molecule has 2 amide bonds. The van der Waals surface area contributed by atoms with Crippen molar-refractivity contribution >= 4 is 40.6 Å². The second-order valence-electron chi connectivity index (χ2n) is 9.78. The molecular weight excluding hydrogens is 600 g/mol. The number of methoxy groups -OCH3 is 1. The predicted octanol–water partition coefficient (Wildman–Crippen LogP) is 5.88. The maximum absolute atomic E-state index is 13.7. The molecule has 0 unspecified atom stereocenters. The Morgan fingerprint density at radius 2 is 1.77 bits per heavy atom. The van der Waals surface area contributed by atoms with Gasteiger partial charge in [0.05, 0.1) is 41.7 Å². The van der Waals surface area contributed by atoms with Crippen molar-refractivity contribution < 1.29 is 18.7 Å². The van der Waals surface area contributed by atoms with Crippen LogP contribution in [0.4, 0.5) is 4.39 Å². The minimum Gasteiger partial charge on any atom is -0.495 e. The molecule has 3 heterocycles.